The first-order chi connectivity index (χ1) is 7.27. The van der Waals surface area contributed by atoms with Crippen molar-refractivity contribution < 1.29 is 9.66 Å². The molecule has 0 bridgehead atoms. The monoisotopic (exact) mass is 222 g/mol. The molecule has 5 nitrogen and oxygen atoms in total. The number of pyridine rings is 1. The second-order valence-electron chi connectivity index (χ2n) is 2.64. The SMILES string of the molecule is O=[N+]([O-])c1sccc1Oc1cccnc1. The van der Waals surface area contributed by atoms with Gasteiger partial charge in [0.15, 0.2) is 0 Å². The van der Waals surface area contributed by atoms with Crippen LogP contribution in [0.25, 0.3) is 0 Å². The maximum Gasteiger partial charge on any atom is 0.366 e. The summed E-state index contributed by atoms with van der Waals surface area (Å²) < 4.78 is 5.32. The molecule has 6 heteroatoms. The molecule has 0 aliphatic heterocycles. The summed E-state index contributed by atoms with van der Waals surface area (Å²) in [5, 5.41) is 12.2. The lowest BCUT2D eigenvalue weighted by atomic mass is 10.4. The van der Waals surface area contributed by atoms with Crippen molar-refractivity contribution in [2.75, 3.05) is 0 Å². The van der Waals surface area contributed by atoms with Crippen LogP contribution < -0.4 is 4.74 Å². The van der Waals surface area contributed by atoms with Crippen LogP contribution in [-0.2, 0) is 0 Å². The molecule has 15 heavy (non-hydrogen) atoms. The minimum absolute atomic E-state index is 0.00106. The largest absolute Gasteiger partial charge is 0.447 e. The van der Waals surface area contributed by atoms with Crippen LogP contribution in [-0.4, -0.2) is 9.91 Å². The highest BCUT2D eigenvalue weighted by Crippen LogP contribution is 2.35. The highest BCUT2D eigenvalue weighted by molar-refractivity contribution is 7.13. The first kappa shape index (κ1) is 9.60. The summed E-state index contributed by atoms with van der Waals surface area (Å²) in [5.74, 6) is 0.733. The van der Waals surface area contributed by atoms with Gasteiger partial charge in [0.25, 0.3) is 0 Å². The van der Waals surface area contributed by atoms with E-state index in [2.05, 4.69) is 4.98 Å². The van der Waals surface area contributed by atoms with Gasteiger partial charge in [0.2, 0.25) is 5.75 Å². The molecule has 0 atom stereocenters. The summed E-state index contributed by atoms with van der Waals surface area (Å²) in [6.07, 6.45) is 3.11. The minimum Gasteiger partial charge on any atom is -0.447 e. The van der Waals surface area contributed by atoms with E-state index >= 15 is 0 Å². The number of nitro groups is 1. The number of aromatic nitrogens is 1. The van der Waals surface area contributed by atoms with Crippen molar-refractivity contribution in [3.8, 4) is 11.5 Å². The summed E-state index contributed by atoms with van der Waals surface area (Å²) in [4.78, 5) is 14.0. The number of thiophene rings is 1. The highest BCUT2D eigenvalue weighted by Gasteiger charge is 2.17. The first-order valence-corrected chi connectivity index (χ1v) is 4.95. The van der Waals surface area contributed by atoms with Crippen LogP contribution in [0.3, 0.4) is 0 Å². The quantitative estimate of drug-likeness (QED) is 0.591. The molecule has 2 heterocycles. The molecule has 0 spiro atoms. The zero-order valence-corrected chi connectivity index (χ0v) is 8.31. The van der Waals surface area contributed by atoms with E-state index in [1.807, 2.05) is 0 Å². The zero-order chi connectivity index (χ0) is 10.7. The van der Waals surface area contributed by atoms with Gasteiger partial charge in [0.05, 0.1) is 11.1 Å². The Bertz CT molecular complexity index is 469. The Kier molecular flexibility index (Phi) is 2.59. The lowest BCUT2D eigenvalue weighted by Gasteiger charge is -2.00. The molecular formula is C9H6N2O3S. The predicted octanol–water partition coefficient (Wildman–Crippen LogP) is 2.84. The van der Waals surface area contributed by atoms with Crippen molar-refractivity contribution in [1.82, 2.24) is 4.98 Å². The summed E-state index contributed by atoms with van der Waals surface area (Å²) in [5.41, 5.74) is 0. The lowest BCUT2D eigenvalue weighted by Crippen LogP contribution is -1.89. The van der Waals surface area contributed by atoms with Gasteiger partial charge in [0, 0.05) is 11.6 Å². The summed E-state index contributed by atoms with van der Waals surface area (Å²) in [6, 6.07) is 4.96. The van der Waals surface area contributed by atoms with E-state index < -0.39 is 4.92 Å². The van der Waals surface area contributed by atoms with Gasteiger partial charge >= 0.3 is 5.00 Å². The van der Waals surface area contributed by atoms with Gasteiger partial charge in [-0.3, -0.25) is 15.1 Å². The molecule has 0 aromatic carbocycles. The van der Waals surface area contributed by atoms with Gasteiger partial charge in [-0.05, 0) is 18.2 Å². The van der Waals surface area contributed by atoms with Crippen LogP contribution in [0.5, 0.6) is 11.5 Å². The molecular weight excluding hydrogens is 216 g/mol. The Balaban J connectivity index is 2.25. The van der Waals surface area contributed by atoms with Crippen molar-refractivity contribution in [1.29, 1.82) is 0 Å². The van der Waals surface area contributed by atoms with E-state index in [-0.39, 0.29) is 10.8 Å². The van der Waals surface area contributed by atoms with E-state index in [0.717, 1.165) is 11.3 Å². The van der Waals surface area contributed by atoms with Gasteiger partial charge in [-0.25, -0.2) is 0 Å². The van der Waals surface area contributed by atoms with E-state index in [1.54, 1.807) is 29.8 Å². The van der Waals surface area contributed by atoms with Crippen LogP contribution in [0.4, 0.5) is 5.00 Å². The minimum atomic E-state index is -0.462. The van der Waals surface area contributed by atoms with Gasteiger partial charge in [0.1, 0.15) is 5.75 Å². The fraction of sp³-hybridized carbons (Fsp3) is 0. The third-order valence-electron chi connectivity index (χ3n) is 1.64. The van der Waals surface area contributed by atoms with Crippen LogP contribution in [0.2, 0.25) is 0 Å². The van der Waals surface area contributed by atoms with Crippen molar-refractivity contribution in [2.45, 2.75) is 0 Å². The third-order valence-corrected chi connectivity index (χ3v) is 2.48. The lowest BCUT2D eigenvalue weighted by molar-refractivity contribution is -0.380. The Hall–Kier alpha value is -1.95. The first-order valence-electron chi connectivity index (χ1n) is 4.07. The standard InChI is InChI=1S/C9H6N2O3S/c12-11(13)9-8(3-5-15-9)14-7-2-1-4-10-6-7/h1-6H. The fourth-order valence-electron chi connectivity index (χ4n) is 1.03. The molecule has 76 valence electrons. The molecule has 2 aromatic heterocycles. The van der Waals surface area contributed by atoms with E-state index in [9.17, 15) is 10.1 Å². The Morgan fingerprint density at radius 3 is 3.00 bits per heavy atom. The van der Waals surface area contributed by atoms with Crippen LogP contribution >= 0.6 is 11.3 Å². The topological polar surface area (TPSA) is 65.3 Å². The Morgan fingerprint density at radius 1 is 1.47 bits per heavy atom. The van der Waals surface area contributed by atoms with Crippen LogP contribution in [0.15, 0.2) is 36.0 Å². The molecule has 0 aliphatic rings. The summed E-state index contributed by atoms with van der Waals surface area (Å²) >= 11 is 1.03. The molecule has 2 rings (SSSR count). The zero-order valence-electron chi connectivity index (χ0n) is 7.49. The van der Waals surface area contributed by atoms with Crippen LogP contribution in [0, 0.1) is 10.1 Å². The number of ether oxygens (including phenoxy) is 1. The van der Waals surface area contributed by atoms with Gasteiger partial charge in [-0.1, -0.05) is 11.3 Å². The van der Waals surface area contributed by atoms with Crippen molar-refractivity contribution in [3.63, 3.8) is 0 Å². The van der Waals surface area contributed by atoms with Gasteiger partial charge < -0.3 is 4.74 Å². The molecule has 0 fully saturated rings. The Morgan fingerprint density at radius 2 is 2.33 bits per heavy atom. The average molecular weight is 222 g/mol. The average Bonchev–Trinajstić information content (AvgIpc) is 2.67. The fourth-order valence-corrected chi connectivity index (χ4v) is 1.67. The smallest absolute Gasteiger partial charge is 0.366 e. The number of hydrogen-bond donors (Lipinski definition) is 0. The van der Waals surface area contributed by atoms with E-state index in [0.29, 0.717) is 5.75 Å². The van der Waals surface area contributed by atoms with E-state index in [1.165, 1.54) is 6.20 Å². The van der Waals surface area contributed by atoms with Gasteiger partial charge in [-0.15, -0.1) is 0 Å². The predicted molar refractivity (Wildman–Crippen MR) is 55.3 cm³/mol. The number of rotatable bonds is 3. The normalized spacial score (nSPS) is 9.87. The van der Waals surface area contributed by atoms with Crippen molar-refractivity contribution in [2.24, 2.45) is 0 Å². The second kappa shape index (κ2) is 4.05. The van der Waals surface area contributed by atoms with Crippen LogP contribution in [0.1, 0.15) is 0 Å². The summed E-state index contributed by atoms with van der Waals surface area (Å²) in [7, 11) is 0. The molecule has 0 amide bonds. The third kappa shape index (κ3) is 2.10. The number of hydrogen-bond acceptors (Lipinski definition) is 5. The van der Waals surface area contributed by atoms with Crippen molar-refractivity contribution >= 4 is 16.3 Å². The van der Waals surface area contributed by atoms with Crippen molar-refractivity contribution in [3.05, 3.63) is 46.1 Å². The second-order valence-corrected chi connectivity index (χ2v) is 3.53. The highest BCUT2D eigenvalue weighted by atomic mass is 32.1. The maximum absolute atomic E-state index is 10.6. The molecule has 2 aromatic rings. The molecule has 0 radical (unpaired) electrons. The van der Waals surface area contributed by atoms with E-state index in [4.69, 9.17) is 4.74 Å². The Labute approximate surface area is 89.1 Å². The molecule has 0 saturated heterocycles. The molecule has 0 aliphatic carbocycles. The van der Waals surface area contributed by atoms with Gasteiger partial charge in [-0.2, -0.15) is 0 Å². The molecule has 0 N–H and O–H groups in total. The number of nitrogens with zero attached hydrogens (tertiary/aromatic N) is 2. The summed E-state index contributed by atoms with van der Waals surface area (Å²) in [6.45, 7) is 0. The maximum atomic E-state index is 10.6. The molecule has 0 saturated carbocycles. The molecule has 0 unspecified atom stereocenters.